The second-order valence-electron chi connectivity index (χ2n) is 4.83. The summed E-state index contributed by atoms with van der Waals surface area (Å²) >= 11 is 3.19. The van der Waals surface area contributed by atoms with Crippen molar-refractivity contribution in [1.82, 2.24) is 0 Å². The van der Waals surface area contributed by atoms with Crippen LogP contribution in [0, 0.1) is 16.7 Å². The van der Waals surface area contributed by atoms with E-state index in [1.807, 2.05) is 6.07 Å². The highest BCUT2D eigenvalue weighted by Crippen LogP contribution is 2.47. The maximum Gasteiger partial charge on any atom is 0.406 e. The Morgan fingerprint density at radius 1 is 1.48 bits per heavy atom. The van der Waals surface area contributed by atoms with Gasteiger partial charge in [-0.1, -0.05) is 15.9 Å². The summed E-state index contributed by atoms with van der Waals surface area (Å²) in [6.45, 7) is -0.770. The van der Waals surface area contributed by atoms with Crippen LogP contribution in [0.25, 0.3) is 0 Å². The number of rotatable bonds is 2. The average Bonchev–Trinajstić information content (AvgIpc) is 2.84. The number of carboxylic acids is 1. The van der Waals surface area contributed by atoms with Crippen LogP contribution in [0.15, 0.2) is 22.7 Å². The summed E-state index contributed by atoms with van der Waals surface area (Å²) in [6.07, 6.45) is -5.38. The van der Waals surface area contributed by atoms with Crippen molar-refractivity contribution in [2.45, 2.75) is 12.6 Å². The Morgan fingerprint density at radius 2 is 2.14 bits per heavy atom. The zero-order valence-corrected chi connectivity index (χ0v) is 12.2. The van der Waals surface area contributed by atoms with Gasteiger partial charge in [0, 0.05) is 17.6 Å². The largest absolute Gasteiger partial charge is 0.481 e. The van der Waals surface area contributed by atoms with E-state index in [1.54, 1.807) is 6.07 Å². The molecule has 0 spiro atoms. The number of benzene rings is 1. The number of halogens is 4. The molecular formula is C13H10BrF3N2O2. The summed E-state index contributed by atoms with van der Waals surface area (Å²) in [6, 6.07) is 6.51. The lowest BCUT2D eigenvalue weighted by Crippen LogP contribution is -2.47. The van der Waals surface area contributed by atoms with Gasteiger partial charge in [-0.2, -0.15) is 18.4 Å². The first-order valence-electron chi connectivity index (χ1n) is 5.96. The van der Waals surface area contributed by atoms with Gasteiger partial charge >= 0.3 is 12.1 Å². The first-order valence-corrected chi connectivity index (χ1v) is 6.75. The average molecular weight is 363 g/mol. The summed E-state index contributed by atoms with van der Waals surface area (Å²) < 4.78 is 40.0. The minimum Gasteiger partial charge on any atom is -0.481 e. The van der Waals surface area contributed by atoms with Crippen molar-refractivity contribution in [2.24, 2.45) is 5.41 Å². The van der Waals surface area contributed by atoms with Gasteiger partial charge in [-0.15, -0.1) is 0 Å². The van der Waals surface area contributed by atoms with Crippen LogP contribution in [-0.2, 0) is 4.79 Å². The van der Waals surface area contributed by atoms with E-state index < -0.39 is 30.5 Å². The topological polar surface area (TPSA) is 64.3 Å². The van der Waals surface area contributed by atoms with Crippen molar-refractivity contribution in [3.8, 4) is 6.07 Å². The molecule has 2 rings (SSSR count). The Balaban J connectivity index is 2.41. The summed E-state index contributed by atoms with van der Waals surface area (Å²) in [5, 5.41) is 18.1. The summed E-state index contributed by atoms with van der Waals surface area (Å²) in [4.78, 5) is 12.4. The number of carboxylic acid groups (broad SMARTS) is 1. The highest BCUT2D eigenvalue weighted by atomic mass is 79.9. The smallest absolute Gasteiger partial charge is 0.406 e. The van der Waals surface area contributed by atoms with Crippen LogP contribution in [0.3, 0.4) is 0 Å². The number of carbonyl (C=O) groups is 1. The van der Waals surface area contributed by atoms with Gasteiger partial charge in [-0.05, 0) is 24.6 Å². The van der Waals surface area contributed by atoms with Gasteiger partial charge < -0.3 is 10.0 Å². The molecule has 1 fully saturated rings. The third kappa shape index (κ3) is 2.58. The number of hydrogen-bond acceptors (Lipinski definition) is 3. The quantitative estimate of drug-likeness (QED) is 0.877. The van der Waals surface area contributed by atoms with Gasteiger partial charge in [0.25, 0.3) is 0 Å². The Labute approximate surface area is 126 Å². The van der Waals surface area contributed by atoms with E-state index in [2.05, 4.69) is 15.9 Å². The molecular weight excluding hydrogens is 353 g/mol. The fourth-order valence-corrected chi connectivity index (χ4v) is 2.75. The molecule has 112 valence electrons. The molecule has 0 aromatic heterocycles. The van der Waals surface area contributed by atoms with Crippen LogP contribution in [0.1, 0.15) is 12.0 Å². The van der Waals surface area contributed by atoms with E-state index >= 15 is 0 Å². The van der Waals surface area contributed by atoms with Crippen LogP contribution in [0.5, 0.6) is 0 Å². The zero-order chi connectivity index (χ0) is 15.8. The Kier molecular flexibility index (Phi) is 3.89. The second-order valence-corrected chi connectivity index (χ2v) is 5.75. The molecule has 1 aromatic carbocycles. The second kappa shape index (κ2) is 5.22. The van der Waals surface area contributed by atoms with Crippen molar-refractivity contribution < 1.29 is 23.1 Å². The van der Waals surface area contributed by atoms with E-state index in [-0.39, 0.29) is 12.1 Å². The normalized spacial score (nSPS) is 22.1. The predicted molar refractivity (Wildman–Crippen MR) is 71.8 cm³/mol. The van der Waals surface area contributed by atoms with Crippen LogP contribution in [0.4, 0.5) is 18.9 Å². The van der Waals surface area contributed by atoms with Crippen molar-refractivity contribution in [3.63, 3.8) is 0 Å². The molecule has 1 aromatic rings. The number of anilines is 1. The van der Waals surface area contributed by atoms with Crippen molar-refractivity contribution in [1.29, 1.82) is 5.26 Å². The zero-order valence-electron chi connectivity index (χ0n) is 10.6. The fraction of sp³-hybridized carbons (Fsp3) is 0.385. The molecule has 1 heterocycles. The van der Waals surface area contributed by atoms with E-state index in [4.69, 9.17) is 10.4 Å². The van der Waals surface area contributed by atoms with Crippen LogP contribution >= 0.6 is 15.9 Å². The van der Waals surface area contributed by atoms with Gasteiger partial charge in [0.05, 0.1) is 11.3 Å². The third-order valence-electron chi connectivity index (χ3n) is 3.64. The Hall–Kier alpha value is -1.75. The highest BCUT2D eigenvalue weighted by molar-refractivity contribution is 9.10. The number of nitrogens with zero attached hydrogens (tertiary/aromatic N) is 2. The van der Waals surface area contributed by atoms with Crippen molar-refractivity contribution in [3.05, 3.63) is 28.2 Å². The predicted octanol–water partition coefficient (Wildman–Crippen LogP) is 3.16. The molecule has 0 amide bonds. The van der Waals surface area contributed by atoms with Gasteiger partial charge in [0.1, 0.15) is 6.07 Å². The van der Waals surface area contributed by atoms with Crippen molar-refractivity contribution in [2.75, 3.05) is 18.0 Å². The molecule has 0 aliphatic carbocycles. The molecule has 21 heavy (non-hydrogen) atoms. The van der Waals surface area contributed by atoms with E-state index in [0.29, 0.717) is 10.2 Å². The lowest BCUT2D eigenvalue weighted by molar-refractivity contribution is -0.225. The maximum absolute atomic E-state index is 13.1. The Morgan fingerprint density at radius 3 is 2.62 bits per heavy atom. The van der Waals surface area contributed by atoms with Crippen LogP contribution in [0.2, 0.25) is 0 Å². The molecule has 1 unspecified atom stereocenters. The van der Waals surface area contributed by atoms with E-state index in [9.17, 15) is 18.0 Å². The minimum atomic E-state index is -4.84. The van der Waals surface area contributed by atoms with Gasteiger partial charge in [0.15, 0.2) is 5.41 Å². The highest BCUT2D eigenvalue weighted by Gasteiger charge is 2.63. The summed E-state index contributed by atoms with van der Waals surface area (Å²) in [7, 11) is 0. The molecule has 1 aliphatic heterocycles. The first kappa shape index (κ1) is 15.6. The molecule has 0 saturated carbocycles. The fourth-order valence-electron chi connectivity index (χ4n) is 2.40. The number of hydrogen-bond donors (Lipinski definition) is 1. The molecule has 1 atom stereocenters. The van der Waals surface area contributed by atoms with Crippen LogP contribution < -0.4 is 4.90 Å². The standard InChI is InChI=1S/C13H10BrF3N2O2/c14-9-2-1-8(6-18)10(5-9)19-4-3-12(7-19,11(20)21)13(15,16)17/h1-2,5H,3-4,7H2,(H,20,21). The first-order chi connectivity index (χ1) is 9.71. The van der Waals surface area contributed by atoms with Gasteiger partial charge in [-0.25, -0.2) is 0 Å². The van der Waals surface area contributed by atoms with Gasteiger partial charge in [0.2, 0.25) is 0 Å². The lowest BCUT2D eigenvalue weighted by Gasteiger charge is -2.28. The van der Waals surface area contributed by atoms with E-state index in [1.165, 1.54) is 17.0 Å². The molecule has 0 bridgehead atoms. The molecule has 0 radical (unpaired) electrons. The molecule has 1 aliphatic rings. The summed E-state index contributed by atoms with van der Waals surface area (Å²) in [5.41, 5.74) is -2.27. The monoisotopic (exact) mass is 362 g/mol. The van der Waals surface area contributed by atoms with Gasteiger partial charge in [-0.3, -0.25) is 4.79 Å². The maximum atomic E-state index is 13.1. The lowest BCUT2D eigenvalue weighted by atomic mass is 9.86. The van der Waals surface area contributed by atoms with Crippen LogP contribution in [-0.4, -0.2) is 30.3 Å². The van der Waals surface area contributed by atoms with E-state index in [0.717, 1.165) is 0 Å². The molecule has 1 N–H and O–H groups in total. The molecule has 8 heteroatoms. The summed E-state index contributed by atoms with van der Waals surface area (Å²) in [5.74, 6) is -1.88. The SMILES string of the molecule is N#Cc1ccc(Br)cc1N1CCC(C(=O)O)(C(F)(F)F)C1. The number of alkyl halides is 3. The minimum absolute atomic E-state index is 0.0725. The van der Waals surface area contributed by atoms with Crippen molar-refractivity contribution >= 4 is 27.6 Å². The third-order valence-corrected chi connectivity index (χ3v) is 4.14. The Bertz CT molecular complexity index is 627. The number of aliphatic carboxylic acids is 1. The molecule has 4 nitrogen and oxygen atoms in total. The molecule has 1 saturated heterocycles. The number of nitriles is 1.